The highest BCUT2D eigenvalue weighted by Crippen LogP contribution is 2.16. The maximum Gasteiger partial charge on any atom is 0.119 e. The fourth-order valence-corrected chi connectivity index (χ4v) is 1.82. The number of methoxy groups -OCH3 is 1. The molecule has 0 amide bonds. The third-order valence-electron chi connectivity index (χ3n) is 2.86. The highest BCUT2D eigenvalue weighted by molar-refractivity contribution is 5.52. The Morgan fingerprint density at radius 1 is 1.00 bits per heavy atom. The lowest BCUT2D eigenvalue weighted by Crippen LogP contribution is -2.11. The molecule has 0 heterocycles. The topological polar surface area (TPSA) is 21.3 Å². The molecule has 0 radical (unpaired) electrons. The van der Waals surface area contributed by atoms with Crippen LogP contribution in [0.4, 0.5) is 5.69 Å². The first-order valence-corrected chi connectivity index (χ1v) is 6.42. The quantitative estimate of drug-likeness (QED) is 0.862. The van der Waals surface area contributed by atoms with Crippen molar-refractivity contribution in [2.24, 2.45) is 0 Å². The summed E-state index contributed by atoms with van der Waals surface area (Å²) in [5.74, 6) is 0.873. The van der Waals surface area contributed by atoms with E-state index in [1.54, 1.807) is 7.11 Å². The van der Waals surface area contributed by atoms with Crippen LogP contribution in [0, 0.1) is 0 Å². The monoisotopic (exact) mass is 253 g/mol. The average molecular weight is 253 g/mol. The zero-order valence-electron chi connectivity index (χ0n) is 11.3. The minimum absolute atomic E-state index is 0.272. The van der Waals surface area contributed by atoms with E-state index in [1.165, 1.54) is 5.56 Å². The average Bonchev–Trinajstić information content (AvgIpc) is 2.47. The molecule has 2 heteroatoms. The molecule has 0 aliphatic carbocycles. The highest BCUT2D eigenvalue weighted by atomic mass is 16.5. The Labute approximate surface area is 114 Å². The molecule has 19 heavy (non-hydrogen) atoms. The van der Waals surface area contributed by atoms with Gasteiger partial charge in [0.15, 0.2) is 0 Å². The molecule has 0 saturated heterocycles. The molecular formula is C17H19NO. The van der Waals surface area contributed by atoms with E-state index in [1.807, 2.05) is 42.5 Å². The summed E-state index contributed by atoms with van der Waals surface area (Å²) >= 11 is 0. The van der Waals surface area contributed by atoms with Gasteiger partial charge in [0.1, 0.15) is 5.75 Å². The molecule has 0 aliphatic rings. The van der Waals surface area contributed by atoms with Gasteiger partial charge in [0.25, 0.3) is 0 Å². The van der Waals surface area contributed by atoms with Crippen molar-refractivity contribution in [2.45, 2.75) is 13.0 Å². The summed E-state index contributed by atoms with van der Waals surface area (Å²) in [6.07, 6.45) is 4.28. The van der Waals surface area contributed by atoms with Gasteiger partial charge >= 0.3 is 0 Å². The summed E-state index contributed by atoms with van der Waals surface area (Å²) in [5.41, 5.74) is 2.30. The van der Waals surface area contributed by atoms with Gasteiger partial charge in [0.2, 0.25) is 0 Å². The molecule has 1 unspecified atom stereocenters. The van der Waals surface area contributed by atoms with Crippen LogP contribution in [0.1, 0.15) is 12.5 Å². The van der Waals surface area contributed by atoms with Gasteiger partial charge in [-0.1, -0.05) is 42.5 Å². The van der Waals surface area contributed by atoms with Crippen LogP contribution in [-0.2, 0) is 0 Å². The van der Waals surface area contributed by atoms with Crippen molar-refractivity contribution in [2.75, 3.05) is 12.4 Å². The van der Waals surface area contributed by atoms with Gasteiger partial charge in [-0.15, -0.1) is 0 Å². The molecule has 0 saturated carbocycles. The maximum atomic E-state index is 5.14. The first-order chi connectivity index (χ1) is 9.28. The molecule has 98 valence electrons. The second-order valence-electron chi connectivity index (χ2n) is 4.43. The lowest BCUT2D eigenvalue weighted by atomic mass is 10.2. The highest BCUT2D eigenvalue weighted by Gasteiger charge is 1.98. The van der Waals surface area contributed by atoms with Crippen LogP contribution >= 0.6 is 0 Å². The molecule has 0 fully saturated rings. The van der Waals surface area contributed by atoms with Gasteiger partial charge in [-0.05, 0) is 36.8 Å². The van der Waals surface area contributed by atoms with Crippen LogP contribution in [-0.4, -0.2) is 13.2 Å². The van der Waals surface area contributed by atoms with Gasteiger partial charge in [-0.25, -0.2) is 0 Å². The standard InChI is InChI=1S/C17H19NO/c1-14(8-9-15-6-4-3-5-7-15)18-16-10-12-17(19-2)13-11-16/h3-14,18H,1-2H3. The fourth-order valence-electron chi connectivity index (χ4n) is 1.82. The number of hydrogen-bond acceptors (Lipinski definition) is 2. The van der Waals surface area contributed by atoms with E-state index in [-0.39, 0.29) is 6.04 Å². The van der Waals surface area contributed by atoms with E-state index >= 15 is 0 Å². The van der Waals surface area contributed by atoms with Crippen molar-refractivity contribution >= 4 is 11.8 Å². The summed E-state index contributed by atoms with van der Waals surface area (Å²) in [6, 6.07) is 18.5. The van der Waals surface area contributed by atoms with Crippen molar-refractivity contribution in [3.8, 4) is 5.75 Å². The van der Waals surface area contributed by atoms with E-state index in [0.717, 1.165) is 11.4 Å². The Morgan fingerprint density at radius 3 is 2.32 bits per heavy atom. The number of hydrogen-bond donors (Lipinski definition) is 1. The number of anilines is 1. The Morgan fingerprint density at radius 2 is 1.68 bits per heavy atom. The molecule has 1 atom stereocenters. The van der Waals surface area contributed by atoms with Crippen molar-refractivity contribution in [3.05, 3.63) is 66.2 Å². The maximum absolute atomic E-state index is 5.14. The van der Waals surface area contributed by atoms with Gasteiger partial charge < -0.3 is 10.1 Å². The zero-order valence-corrected chi connectivity index (χ0v) is 11.3. The third kappa shape index (κ3) is 4.18. The predicted octanol–water partition coefficient (Wildman–Crippen LogP) is 4.21. The number of benzene rings is 2. The first kappa shape index (κ1) is 13.2. The predicted molar refractivity (Wildman–Crippen MR) is 81.6 cm³/mol. The Hall–Kier alpha value is -2.22. The van der Waals surface area contributed by atoms with E-state index in [0.29, 0.717) is 0 Å². The fraction of sp³-hybridized carbons (Fsp3) is 0.176. The SMILES string of the molecule is COc1ccc(NC(C)C=Cc2ccccc2)cc1. The van der Waals surface area contributed by atoms with Crippen LogP contribution in [0.2, 0.25) is 0 Å². The van der Waals surface area contributed by atoms with Crippen LogP contribution in [0.3, 0.4) is 0 Å². The van der Waals surface area contributed by atoms with Crippen LogP contribution in [0.5, 0.6) is 5.75 Å². The molecule has 2 rings (SSSR count). The lowest BCUT2D eigenvalue weighted by molar-refractivity contribution is 0.415. The molecule has 2 aromatic carbocycles. The molecule has 1 N–H and O–H groups in total. The van der Waals surface area contributed by atoms with Crippen LogP contribution in [0.15, 0.2) is 60.7 Å². The van der Waals surface area contributed by atoms with Crippen LogP contribution in [0.25, 0.3) is 6.08 Å². The molecule has 2 nitrogen and oxygen atoms in total. The first-order valence-electron chi connectivity index (χ1n) is 6.42. The van der Waals surface area contributed by atoms with Crippen molar-refractivity contribution in [1.29, 1.82) is 0 Å². The van der Waals surface area contributed by atoms with E-state index in [9.17, 15) is 0 Å². The van der Waals surface area contributed by atoms with E-state index in [4.69, 9.17) is 4.74 Å². The van der Waals surface area contributed by atoms with Crippen molar-refractivity contribution < 1.29 is 4.74 Å². The summed E-state index contributed by atoms with van der Waals surface area (Å²) in [4.78, 5) is 0. The molecule has 2 aromatic rings. The molecule has 0 bridgehead atoms. The Kier molecular flexibility index (Phi) is 4.62. The Bertz CT molecular complexity index is 517. The summed E-state index contributed by atoms with van der Waals surface area (Å²) in [6.45, 7) is 2.13. The number of ether oxygens (including phenoxy) is 1. The van der Waals surface area contributed by atoms with E-state index in [2.05, 4.69) is 36.5 Å². The van der Waals surface area contributed by atoms with Gasteiger partial charge in [0.05, 0.1) is 7.11 Å². The van der Waals surface area contributed by atoms with Gasteiger partial charge in [0, 0.05) is 11.7 Å². The zero-order chi connectivity index (χ0) is 13.5. The van der Waals surface area contributed by atoms with Gasteiger partial charge in [-0.3, -0.25) is 0 Å². The largest absolute Gasteiger partial charge is 0.497 e. The molecular weight excluding hydrogens is 234 g/mol. The van der Waals surface area contributed by atoms with E-state index < -0.39 is 0 Å². The van der Waals surface area contributed by atoms with Crippen molar-refractivity contribution in [1.82, 2.24) is 0 Å². The van der Waals surface area contributed by atoms with Crippen molar-refractivity contribution in [3.63, 3.8) is 0 Å². The Balaban J connectivity index is 1.93. The minimum Gasteiger partial charge on any atom is -0.497 e. The number of rotatable bonds is 5. The summed E-state index contributed by atoms with van der Waals surface area (Å²) in [7, 11) is 1.67. The summed E-state index contributed by atoms with van der Waals surface area (Å²) in [5, 5.41) is 3.42. The minimum atomic E-state index is 0.272. The molecule has 0 spiro atoms. The van der Waals surface area contributed by atoms with Gasteiger partial charge in [-0.2, -0.15) is 0 Å². The lowest BCUT2D eigenvalue weighted by Gasteiger charge is -2.11. The second-order valence-corrected chi connectivity index (χ2v) is 4.43. The smallest absolute Gasteiger partial charge is 0.119 e. The number of nitrogens with one attached hydrogen (secondary N) is 1. The molecule has 0 aliphatic heterocycles. The summed E-state index contributed by atoms with van der Waals surface area (Å²) < 4.78 is 5.14. The van der Waals surface area contributed by atoms with Crippen LogP contribution < -0.4 is 10.1 Å². The normalized spacial score (nSPS) is 12.3. The second kappa shape index (κ2) is 6.64. The molecule has 0 aromatic heterocycles. The third-order valence-corrected chi connectivity index (χ3v) is 2.86.